The van der Waals surface area contributed by atoms with Crippen LogP contribution >= 0.6 is 23.4 Å². The van der Waals surface area contributed by atoms with Crippen molar-refractivity contribution in [3.05, 3.63) is 29.8 Å². The summed E-state index contributed by atoms with van der Waals surface area (Å²) in [5.41, 5.74) is 0.997. The largest absolute Gasteiger partial charge is 0.276 e. The van der Waals surface area contributed by atoms with Crippen LogP contribution in [0.1, 0.15) is 10.4 Å². The summed E-state index contributed by atoms with van der Waals surface area (Å²) < 4.78 is 3.06. The lowest BCUT2D eigenvalue weighted by atomic mass is 10.2. The van der Waals surface area contributed by atoms with Gasteiger partial charge in [0.15, 0.2) is 0 Å². The molecule has 0 amide bonds. The Labute approximate surface area is 79.1 Å². The molecule has 0 fully saturated rings. The third-order valence-corrected chi connectivity index (χ3v) is 1.54. The van der Waals surface area contributed by atoms with Crippen LogP contribution < -0.4 is 0 Å². The third kappa shape index (κ3) is 2.29. The van der Waals surface area contributed by atoms with Gasteiger partial charge in [-0.25, -0.2) is 0 Å². The zero-order chi connectivity index (χ0) is 8.97. The second-order valence-electron chi connectivity index (χ2n) is 2.00. The summed E-state index contributed by atoms with van der Waals surface area (Å²) in [6.45, 7) is 0. The molecule has 0 aromatic heterocycles. The van der Waals surface area contributed by atoms with Gasteiger partial charge in [0.2, 0.25) is 0 Å². The Hall–Kier alpha value is -0.930. The summed E-state index contributed by atoms with van der Waals surface area (Å²) >= 11 is 10.2. The molecule has 0 aliphatic heterocycles. The van der Waals surface area contributed by atoms with Crippen molar-refractivity contribution in [2.45, 2.75) is 0 Å². The molecule has 0 N–H and O–H groups in total. The van der Waals surface area contributed by atoms with Gasteiger partial charge in [-0.2, -0.15) is 0 Å². The van der Waals surface area contributed by atoms with Crippen molar-refractivity contribution in [1.82, 2.24) is 0 Å². The van der Waals surface area contributed by atoms with Gasteiger partial charge in [-0.1, -0.05) is 4.63 Å². The average molecular weight is 203 g/mol. The lowest BCUT2D eigenvalue weighted by molar-refractivity contribution is 0.108. The molecule has 62 valence electrons. The normalized spacial score (nSPS) is 10.5. The molecule has 1 rings (SSSR count). The predicted octanol–water partition coefficient (Wildman–Crippen LogP) is 3.30. The fourth-order valence-corrected chi connectivity index (χ4v) is 0.916. The average Bonchev–Trinajstić information content (AvgIpc) is 2.06. The first-order valence-corrected chi connectivity index (χ1v) is 3.77. The van der Waals surface area contributed by atoms with E-state index in [0.717, 1.165) is 0 Å². The highest BCUT2D eigenvalue weighted by molar-refractivity contribution is 6.67. The van der Waals surface area contributed by atoms with Gasteiger partial charge in [0, 0.05) is 5.56 Å². The number of halogens is 2. The second-order valence-corrected chi connectivity index (χ2v) is 2.49. The SMILES string of the molecule is O=C(Cl)c1ccc(N=NCl)cc1. The molecular weight excluding hydrogens is 199 g/mol. The lowest BCUT2D eigenvalue weighted by Gasteiger charge is -1.92. The van der Waals surface area contributed by atoms with Crippen LogP contribution in [0.3, 0.4) is 0 Å². The Morgan fingerprint density at radius 1 is 1.25 bits per heavy atom. The molecule has 1 aromatic rings. The molecule has 0 spiro atoms. The summed E-state index contributed by atoms with van der Waals surface area (Å²) in [5.74, 6) is 0. The molecule has 0 aliphatic carbocycles. The number of rotatable bonds is 2. The number of nitrogens with zero attached hydrogens (tertiary/aromatic N) is 2. The molecule has 12 heavy (non-hydrogen) atoms. The molecule has 5 heteroatoms. The van der Waals surface area contributed by atoms with E-state index in [1.165, 1.54) is 0 Å². The van der Waals surface area contributed by atoms with Crippen LogP contribution in [-0.2, 0) is 0 Å². The van der Waals surface area contributed by atoms with Crippen LogP contribution in [0.25, 0.3) is 0 Å². The molecule has 0 unspecified atom stereocenters. The van der Waals surface area contributed by atoms with Crippen LogP contribution in [-0.4, -0.2) is 5.24 Å². The highest BCUT2D eigenvalue weighted by Gasteiger charge is 1.99. The minimum Gasteiger partial charge on any atom is -0.276 e. The van der Waals surface area contributed by atoms with Crippen LogP contribution in [0.15, 0.2) is 34.0 Å². The van der Waals surface area contributed by atoms with Crippen LogP contribution in [0.4, 0.5) is 5.69 Å². The quantitative estimate of drug-likeness (QED) is 0.536. The highest BCUT2D eigenvalue weighted by Crippen LogP contribution is 2.14. The van der Waals surface area contributed by atoms with E-state index in [1.807, 2.05) is 0 Å². The molecule has 0 saturated heterocycles. The van der Waals surface area contributed by atoms with Crippen molar-refractivity contribution in [2.24, 2.45) is 9.75 Å². The zero-order valence-electron chi connectivity index (χ0n) is 5.87. The number of carbonyl (C=O) groups is 1. The standard InChI is InChI=1S/C7H4Cl2N2O/c8-7(12)5-1-3-6(4-2-5)10-11-9/h1-4H. The van der Waals surface area contributed by atoms with E-state index in [-0.39, 0.29) is 0 Å². The second kappa shape index (κ2) is 4.18. The Kier molecular flexibility index (Phi) is 3.19. The van der Waals surface area contributed by atoms with E-state index in [0.29, 0.717) is 11.3 Å². The summed E-state index contributed by atoms with van der Waals surface area (Å²) in [4.78, 5) is 10.6. The van der Waals surface area contributed by atoms with Gasteiger partial charge in [-0.05, 0) is 35.9 Å². The van der Waals surface area contributed by atoms with Crippen molar-refractivity contribution in [3.8, 4) is 0 Å². The van der Waals surface area contributed by atoms with Crippen LogP contribution in [0, 0.1) is 0 Å². The van der Waals surface area contributed by atoms with Crippen molar-refractivity contribution in [1.29, 1.82) is 0 Å². The van der Waals surface area contributed by atoms with E-state index in [4.69, 9.17) is 23.4 Å². The number of hydrogen-bond acceptors (Lipinski definition) is 3. The minimum absolute atomic E-state index is 0.421. The van der Waals surface area contributed by atoms with E-state index >= 15 is 0 Å². The van der Waals surface area contributed by atoms with Crippen molar-refractivity contribution in [3.63, 3.8) is 0 Å². The number of carbonyl (C=O) groups excluding carboxylic acids is 1. The van der Waals surface area contributed by atoms with Gasteiger partial charge in [0.25, 0.3) is 5.24 Å². The summed E-state index contributed by atoms with van der Waals surface area (Å²) in [6, 6.07) is 6.30. The van der Waals surface area contributed by atoms with Gasteiger partial charge in [-0.15, -0.1) is 5.11 Å². The molecule has 0 radical (unpaired) electrons. The lowest BCUT2D eigenvalue weighted by Crippen LogP contribution is -1.85. The Morgan fingerprint density at radius 3 is 2.25 bits per heavy atom. The predicted molar refractivity (Wildman–Crippen MR) is 47.0 cm³/mol. The Balaban J connectivity index is 2.93. The molecule has 3 nitrogen and oxygen atoms in total. The molecule has 1 aromatic carbocycles. The molecule has 0 atom stereocenters. The van der Waals surface area contributed by atoms with E-state index < -0.39 is 5.24 Å². The van der Waals surface area contributed by atoms with Crippen LogP contribution in [0.2, 0.25) is 0 Å². The van der Waals surface area contributed by atoms with E-state index in [1.54, 1.807) is 24.3 Å². The van der Waals surface area contributed by atoms with Crippen LogP contribution in [0.5, 0.6) is 0 Å². The molecule has 0 aliphatic rings. The molecule has 0 saturated carbocycles. The monoisotopic (exact) mass is 202 g/mol. The first kappa shape index (κ1) is 9.16. The number of hydrogen-bond donors (Lipinski definition) is 0. The zero-order valence-corrected chi connectivity index (χ0v) is 7.38. The maximum atomic E-state index is 10.6. The van der Waals surface area contributed by atoms with Crippen molar-refractivity contribution < 1.29 is 4.79 Å². The summed E-state index contributed by atoms with van der Waals surface area (Å²) in [5, 5.41) is 3.05. The smallest absolute Gasteiger partial charge is 0.252 e. The van der Waals surface area contributed by atoms with Crippen molar-refractivity contribution in [2.75, 3.05) is 0 Å². The molecular formula is C7H4Cl2N2O. The van der Waals surface area contributed by atoms with E-state index in [9.17, 15) is 4.79 Å². The Morgan fingerprint density at radius 2 is 1.83 bits per heavy atom. The van der Waals surface area contributed by atoms with Gasteiger partial charge in [0.1, 0.15) is 0 Å². The first-order valence-electron chi connectivity index (χ1n) is 3.06. The van der Waals surface area contributed by atoms with Gasteiger partial charge < -0.3 is 0 Å². The molecule has 0 heterocycles. The maximum absolute atomic E-state index is 10.6. The minimum atomic E-state index is -0.496. The first-order chi connectivity index (χ1) is 5.74. The fourth-order valence-electron chi connectivity index (χ4n) is 0.703. The summed E-state index contributed by atoms with van der Waals surface area (Å²) in [7, 11) is 0. The van der Waals surface area contributed by atoms with Gasteiger partial charge in [0.05, 0.1) is 17.5 Å². The van der Waals surface area contributed by atoms with Crippen molar-refractivity contribution >= 4 is 34.3 Å². The fraction of sp³-hybridized carbons (Fsp3) is 0. The van der Waals surface area contributed by atoms with Gasteiger partial charge >= 0.3 is 0 Å². The van der Waals surface area contributed by atoms with E-state index in [2.05, 4.69) is 9.75 Å². The van der Waals surface area contributed by atoms with Gasteiger partial charge in [-0.3, -0.25) is 4.79 Å². The molecule has 0 bridgehead atoms. The Bertz CT molecular complexity index is 308. The topological polar surface area (TPSA) is 41.8 Å². The third-order valence-electron chi connectivity index (χ3n) is 1.25. The maximum Gasteiger partial charge on any atom is 0.252 e. The summed E-state index contributed by atoms with van der Waals surface area (Å²) in [6.07, 6.45) is 0. The highest BCUT2D eigenvalue weighted by atomic mass is 35.5. The number of benzene rings is 1.